The molecule has 7 N–H and O–H groups in total. The SMILES string of the molecule is OCC(O)C(O)C(O)c1cnc(C(O)C(O)C(O)COC2CCC2)cn1. The van der Waals surface area contributed by atoms with Crippen molar-refractivity contribution < 1.29 is 40.5 Å². The number of nitrogens with zero attached hydrogens (tertiary/aromatic N) is 2. The Hall–Kier alpha value is -1.24. The van der Waals surface area contributed by atoms with Gasteiger partial charge in [0.05, 0.1) is 43.1 Å². The van der Waals surface area contributed by atoms with Gasteiger partial charge in [-0.05, 0) is 19.3 Å². The van der Waals surface area contributed by atoms with Crippen LogP contribution >= 0.6 is 0 Å². The Labute approximate surface area is 150 Å². The predicted molar refractivity (Wildman–Crippen MR) is 86.7 cm³/mol. The fraction of sp³-hybridized carbons (Fsp3) is 0.750. The van der Waals surface area contributed by atoms with Crippen LogP contribution in [0, 0.1) is 0 Å². The van der Waals surface area contributed by atoms with Gasteiger partial charge in [-0.1, -0.05) is 0 Å². The maximum Gasteiger partial charge on any atom is 0.126 e. The normalized spacial score (nSPS) is 22.1. The molecule has 0 bridgehead atoms. The van der Waals surface area contributed by atoms with Crippen LogP contribution in [0.25, 0.3) is 0 Å². The van der Waals surface area contributed by atoms with Crippen molar-refractivity contribution in [3.63, 3.8) is 0 Å². The third-order valence-corrected chi connectivity index (χ3v) is 4.48. The summed E-state index contributed by atoms with van der Waals surface area (Å²) in [6, 6.07) is 0. The molecule has 0 amide bonds. The van der Waals surface area contributed by atoms with Gasteiger partial charge in [-0.2, -0.15) is 0 Å². The highest BCUT2D eigenvalue weighted by Crippen LogP contribution is 2.24. The second-order valence-electron chi connectivity index (χ2n) is 6.44. The summed E-state index contributed by atoms with van der Waals surface area (Å²) < 4.78 is 5.39. The molecule has 1 aromatic heterocycles. The Morgan fingerprint density at radius 1 is 0.885 bits per heavy atom. The number of hydrogen-bond acceptors (Lipinski definition) is 10. The molecule has 1 saturated carbocycles. The van der Waals surface area contributed by atoms with Crippen LogP contribution in [-0.4, -0.2) is 89.4 Å². The molecule has 10 nitrogen and oxygen atoms in total. The minimum absolute atomic E-state index is 0.0478. The fourth-order valence-corrected chi connectivity index (χ4v) is 2.40. The molecule has 26 heavy (non-hydrogen) atoms. The van der Waals surface area contributed by atoms with Crippen molar-refractivity contribution >= 4 is 0 Å². The molecule has 0 spiro atoms. The lowest BCUT2D eigenvalue weighted by atomic mass is 9.96. The number of aliphatic hydroxyl groups is 7. The second kappa shape index (κ2) is 9.62. The van der Waals surface area contributed by atoms with Crippen LogP contribution in [0.5, 0.6) is 0 Å². The monoisotopic (exact) mass is 374 g/mol. The molecule has 0 aliphatic heterocycles. The van der Waals surface area contributed by atoms with Crippen molar-refractivity contribution in [2.75, 3.05) is 13.2 Å². The molecular formula is C16H26N2O8. The van der Waals surface area contributed by atoms with E-state index >= 15 is 0 Å². The summed E-state index contributed by atoms with van der Waals surface area (Å²) in [5, 5.41) is 67.7. The number of aromatic nitrogens is 2. The van der Waals surface area contributed by atoms with Crippen molar-refractivity contribution in [1.29, 1.82) is 0 Å². The maximum absolute atomic E-state index is 10.1. The summed E-state index contributed by atoms with van der Waals surface area (Å²) in [6.45, 7) is -0.853. The number of hydrogen-bond donors (Lipinski definition) is 7. The molecule has 1 heterocycles. The van der Waals surface area contributed by atoms with Crippen LogP contribution in [0.4, 0.5) is 0 Å². The van der Waals surface area contributed by atoms with E-state index in [2.05, 4.69) is 9.97 Å². The average molecular weight is 374 g/mol. The summed E-state index contributed by atoms with van der Waals surface area (Å²) in [5.41, 5.74) is -0.141. The fourth-order valence-electron chi connectivity index (χ4n) is 2.40. The van der Waals surface area contributed by atoms with Crippen molar-refractivity contribution in [2.45, 2.75) is 62.0 Å². The highest BCUT2D eigenvalue weighted by atomic mass is 16.5. The van der Waals surface area contributed by atoms with Gasteiger partial charge >= 0.3 is 0 Å². The van der Waals surface area contributed by atoms with E-state index in [1.807, 2.05) is 0 Å². The van der Waals surface area contributed by atoms with Gasteiger partial charge in [-0.25, -0.2) is 0 Å². The summed E-state index contributed by atoms with van der Waals surface area (Å²) in [4.78, 5) is 7.68. The van der Waals surface area contributed by atoms with Crippen molar-refractivity contribution in [2.24, 2.45) is 0 Å². The maximum atomic E-state index is 10.1. The first-order valence-corrected chi connectivity index (χ1v) is 8.47. The minimum atomic E-state index is -1.67. The van der Waals surface area contributed by atoms with Crippen LogP contribution in [0.2, 0.25) is 0 Å². The third-order valence-electron chi connectivity index (χ3n) is 4.48. The number of ether oxygens (including phenoxy) is 1. The lowest BCUT2D eigenvalue weighted by molar-refractivity contribution is -0.112. The van der Waals surface area contributed by atoms with E-state index in [9.17, 15) is 30.6 Å². The average Bonchev–Trinajstić information content (AvgIpc) is 2.63. The van der Waals surface area contributed by atoms with Gasteiger partial charge in [0, 0.05) is 0 Å². The van der Waals surface area contributed by atoms with Crippen LogP contribution in [0.15, 0.2) is 12.4 Å². The first-order valence-electron chi connectivity index (χ1n) is 8.47. The third kappa shape index (κ3) is 5.15. The lowest BCUT2D eigenvalue weighted by Crippen LogP contribution is -2.38. The lowest BCUT2D eigenvalue weighted by Gasteiger charge is -2.29. The topological polar surface area (TPSA) is 177 Å². The molecule has 148 valence electrons. The van der Waals surface area contributed by atoms with E-state index in [4.69, 9.17) is 9.84 Å². The van der Waals surface area contributed by atoms with Crippen molar-refractivity contribution in [3.05, 3.63) is 23.8 Å². The van der Waals surface area contributed by atoms with E-state index < -0.39 is 43.2 Å². The highest BCUT2D eigenvalue weighted by molar-refractivity contribution is 5.10. The van der Waals surface area contributed by atoms with Crippen molar-refractivity contribution in [1.82, 2.24) is 9.97 Å². The van der Waals surface area contributed by atoms with Gasteiger partial charge in [0.15, 0.2) is 0 Å². The summed E-state index contributed by atoms with van der Waals surface area (Å²) >= 11 is 0. The van der Waals surface area contributed by atoms with Gasteiger partial charge in [0.2, 0.25) is 0 Å². The first-order chi connectivity index (χ1) is 12.3. The Balaban J connectivity index is 1.92. The summed E-state index contributed by atoms with van der Waals surface area (Å²) in [7, 11) is 0. The standard InChI is InChI=1S/C16H26N2O8/c19-6-11(20)15(24)13(22)9-4-18-10(5-17-9)14(23)16(25)12(21)7-26-8-2-1-3-8/h4-5,8,11-16,19-25H,1-3,6-7H2. The van der Waals surface area contributed by atoms with Crippen LogP contribution < -0.4 is 0 Å². The van der Waals surface area contributed by atoms with E-state index in [-0.39, 0.29) is 24.1 Å². The minimum Gasteiger partial charge on any atom is -0.394 e. The molecule has 1 aromatic rings. The molecular weight excluding hydrogens is 348 g/mol. The van der Waals surface area contributed by atoms with Gasteiger partial charge in [0.1, 0.15) is 36.6 Å². The predicted octanol–water partition coefficient (Wildman–Crippen LogP) is -2.45. The molecule has 1 fully saturated rings. The van der Waals surface area contributed by atoms with Crippen LogP contribution in [0.3, 0.4) is 0 Å². The van der Waals surface area contributed by atoms with Crippen molar-refractivity contribution in [3.8, 4) is 0 Å². The smallest absolute Gasteiger partial charge is 0.126 e. The Morgan fingerprint density at radius 2 is 1.38 bits per heavy atom. The molecule has 0 radical (unpaired) electrons. The van der Waals surface area contributed by atoms with Crippen LogP contribution in [-0.2, 0) is 4.74 Å². The Morgan fingerprint density at radius 3 is 1.77 bits per heavy atom. The Bertz CT molecular complexity index is 542. The quantitative estimate of drug-likeness (QED) is 0.233. The summed E-state index contributed by atoms with van der Waals surface area (Å²) in [5.74, 6) is 0. The zero-order chi connectivity index (χ0) is 19.3. The molecule has 0 saturated heterocycles. The molecule has 6 atom stereocenters. The van der Waals surface area contributed by atoms with E-state index in [1.54, 1.807) is 0 Å². The largest absolute Gasteiger partial charge is 0.394 e. The van der Waals surface area contributed by atoms with E-state index in [0.29, 0.717) is 0 Å². The molecule has 10 heteroatoms. The second-order valence-corrected chi connectivity index (χ2v) is 6.44. The highest BCUT2D eigenvalue weighted by Gasteiger charge is 2.30. The zero-order valence-electron chi connectivity index (χ0n) is 14.2. The van der Waals surface area contributed by atoms with E-state index in [0.717, 1.165) is 31.7 Å². The molecule has 1 aliphatic carbocycles. The first kappa shape index (κ1) is 21.1. The van der Waals surface area contributed by atoms with Gasteiger partial charge in [-0.3, -0.25) is 9.97 Å². The molecule has 6 unspecified atom stereocenters. The molecule has 0 aromatic carbocycles. The summed E-state index contributed by atoms with van der Waals surface area (Å²) in [6.07, 6.45) is -4.07. The molecule has 2 rings (SSSR count). The van der Waals surface area contributed by atoms with E-state index in [1.165, 1.54) is 0 Å². The molecule has 1 aliphatic rings. The number of aliphatic hydroxyl groups excluding tert-OH is 7. The zero-order valence-corrected chi connectivity index (χ0v) is 14.2. The Kier molecular flexibility index (Phi) is 7.80. The number of rotatable bonds is 10. The van der Waals surface area contributed by atoms with Gasteiger partial charge in [0.25, 0.3) is 0 Å². The van der Waals surface area contributed by atoms with Gasteiger partial charge in [-0.15, -0.1) is 0 Å². The van der Waals surface area contributed by atoms with Crippen LogP contribution in [0.1, 0.15) is 42.9 Å². The van der Waals surface area contributed by atoms with Gasteiger partial charge < -0.3 is 40.5 Å².